The maximum Gasteiger partial charge on any atom is 0.258 e. The number of anilines is 2. The first-order valence-corrected chi connectivity index (χ1v) is 7.86. The van der Waals surface area contributed by atoms with Crippen LogP contribution in [0.25, 0.3) is 0 Å². The van der Waals surface area contributed by atoms with Crippen molar-refractivity contribution in [1.82, 2.24) is 15.5 Å². The number of benzene rings is 1. The summed E-state index contributed by atoms with van der Waals surface area (Å²) >= 11 is 0. The quantitative estimate of drug-likeness (QED) is 0.659. The van der Waals surface area contributed by atoms with Crippen molar-refractivity contribution in [2.75, 3.05) is 51.1 Å². The van der Waals surface area contributed by atoms with E-state index < -0.39 is 0 Å². The Morgan fingerprint density at radius 1 is 1.20 bits per heavy atom. The van der Waals surface area contributed by atoms with Crippen molar-refractivity contribution in [3.63, 3.8) is 0 Å². The Hall–Kier alpha value is -3.03. The average Bonchev–Trinajstić information content (AvgIpc) is 2.64. The van der Waals surface area contributed by atoms with Crippen molar-refractivity contribution >= 4 is 17.4 Å². The van der Waals surface area contributed by atoms with Crippen molar-refractivity contribution < 1.29 is 14.3 Å². The highest BCUT2D eigenvalue weighted by atomic mass is 16.5. The van der Waals surface area contributed by atoms with Gasteiger partial charge in [-0.2, -0.15) is 5.10 Å². The van der Waals surface area contributed by atoms with Crippen LogP contribution in [0.4, 0.5) is 11.5 Å². The Kier molecular flexibility index (Phi) is 6.82. The van der Waals surface area contributed by atoms with E-state index in [0.29, 0.717) is 30.4 Å². The van der Waals surface area contributed by atoms with Crippen LogP contribution in [0.15, 0.2) is 36.5 Å². The van der Waals surface area contributed by atoms with E-state index in [-0.39, 0.29) is 12.5 Å². The van der Waals surface area contributed by atoms with Gasteiger partial charge in [0.15, 0.2) is 12.4 Å². The first-order chi connectivity index (χ1) is 12.1. The van der Waals surface area contributed by atoms with Gasteiger partial charge in [-0.25, -0.2) is 0 Å². The molecule has 2 N–H and O–H groups in total. The highest BCUT2D eigenvalue weighted by molar-refractivity contribution is 5.77. The molecule has 25 heavy (non-hydrogen) atoms. The van der Waals surface area contributed by atoms with E-state index in [0.717, 1.165) is 5.69 Å². The summed E-state index contributed by atoms with van der Waals surface area (Å²) in [6.07, 6.45) is 1.68. The molecule has 1 aromatic carbocycles. The maximum atomic E-state index is 11.8. The second-order valence-electron chi connectivity index (χ2n) is 5.44. The molecule has 0 radical (unpaired) electrons. The maximum absolute atomic E-state index is 11.8. The van der Waals surface area contributed by atoms with Crippen molar-refractivity contribution in [3.05, 3.63) is 36.5 Å². The fraction of sp³-hybridized carbons (Fsp3) is 0.353. The van der Waals surface area contributed by atoms with Crippen LogP contribution in [-0.2, 0) is 4.79 Å². The molecule has 2 rings (SSSR count). The molecule has 134 valence electrons. The number of nitrogens with one attached hydrogen (secondary N) is 2. The lowest BCUT2D eigenvalue weighted by Crippen LogP contribution is -2.32. The lowest BCUT2D eigenvalue weighted by molar-refractivity contribution is -0.123. The van der Waals surface area contributed by atoms with Gasteiger partial charge in [-0.05, 0) is 12.1 Å². The number of rotatable bonds is 9. The Balaban J connectivity index is 1.67. The van der Waals surface area contributed by atoms with E-state index in [4.69, 9.17) is 9.47 Å². The molecular formula is C17H23N5O3. The molecule has 0 aliphatic rings. The summed E-state index contributed by atoms with van der Waals surface area (Å²) in [6, 6.07) is 9.01. The van der Waals surface area contributed by atoms with Gasteiger partial charge in [0.2, 0.25) is 0 Å². The van der Waals surface area contributed by atoms with Gasteiger partial charge in [-0.15, -0.1) is 5.10 Å². The molecule has 0 spiro atoms. The van der Waals surface area contributed by atoms with Crippen molar-refractivity contribution in [1.29, 1.82) is 0 Å². The Morgan fingerprint density at radius 2 is 2.00 bits per heavy atom. The zero-order valence-electron chi connectivity index (χ0n) is 14.7. The molecule has 0 atom stereocenters. The molecule has 1 amide bonds. The largest absolute Gasteiger partial charge is 0.497 e. The fourth-order valence-corrected chi connectivity index (χ4v) is 1.97. The molecule has 0 bridgehead atoms. The van der Waals surface area contributed by atoms with Gasteiger partial charge >= 0.3 is 0 Å². The molecule has 0 unspecified atom stereocenters. The summed E-state index contributed by atoms with van der Waals surface area (Å²) in [6.45, 7) is 0.938. The number of amides is 1. The second kappa shape index (κ2) is 9.31. The molecule has 8 nitrogen and oxygen atoms in total. The van der Waals surface area contributed by atoms with E-state index in [9.17, 15) is 4.79 Å². The number of methoxy groups -OCH3 is 1. The smallest absolute Gasteiger partial charge is 0.258 e. The van der Waals surface area contributed by atoms with Gasteiger partial charge in [0.05, 0.1) is 19.0 Å². The first kappa shape index (κ1) is 18.3. The molecule has 0 saturated heterocycles. The molecule has 0 aliphatic carbocycles. The third-order valence-electron chi connectivity index (χ3n) is 3.32. The van der Waals surface area contributed by atoms with Crippen LogP contribution in [0.1, 0.15) is 0 Å². The van der Waals surface area contributed by atoms with Crippen LogP contribution in [0.2, 0.25) is 0 Å². The Morgan fingerprint density at radius 3 is 2.76 bits per heavy atom. The van der Waals surface area contributed by atoms with Crippen LogP contribution in [0.5, 0.6) is 11.5 Å². The predicted octanol–water partition coefficient (Wildman–Crippen LogP) is 1.16. The van der Waals surface area contributed by atoms with Gasteiger partial charge in [0.25, 0.3) is 5.91 Å². The Bertz CT molecular complexity index is 693. The molecule has 2 aromatic rings. The molecule has 0 aliphatic heterocycles. The minimum atomic E-state index is -0.197. The predicted molar refractivity (Wildman–Crippen MR) is 96.3 cm³/mol. The average molecular weight is 345 g/mol. The Labute approximate surface area is 147 Å². The third-order valence-corrected chi connectivity index (χ3v) is 3.32. The lowest BCUT2D eigenvalue weighted by atomic mass is 10.3. The van der Waals surface area contributed by atoms with Gasteiger partial charge in [0.1, 0.15) is 11.5 Å². The van der Waals surface area contributed by atoms with Crippen LogP contribution in [0.3, 0.4) is 0 Å². The molecule has 8 heteroatoms. The zero-order chi connectivity index (χ0) is 18.1. The number of hydrogen-bond acceptors (Lipinski definition) is 7. The summed E-state index contributed by atoms with van der Waals surface area (Å²) in [4.78, 5) is 13.7. The zero-order valence-corrected chi connectivity index (χ0v) is 14.7. The van der Waals surface area contributed by atoms with Crippen molar-refractivity contribution in [2.45, 2.75) is 0 Å². The summed E-state index contributed by atoms with van der Waals surface area (Å²) in [7, 11) is 5.45. The molecule has 0 saturated carbocycles. The van der Waals surface area contributed by atoms with Crippen LogP contribution >= 0.6 is 0 Å². The van der Waals surface area contributed by atoms with E-state index in [1.807, 2.05) is 31.1 Å². The molecule has 1 aromatic heterocycles. The molecule has 1 heterocycles. The third kappa shape index (κ3) is 6.17. The van der Waals surface area contributed by atoms with Gasteiger partial charge in [-0.3, -0.25) is 4.79 Å². The standard InChI is InChI=1S/C17H23N5O3/c1-22(2)13-9-16(21-20-11-13)18-7-8-19-17(23)12-25-15-6-4-5-14(10-15)24-3/h4-6,9-11H,7-8,12H2,1-3H3,(H,18,21)(H,19,23). The van der Waals surface area contributed by atoms with Crippen LogP contribution in [-0.4, -0.2) is 57.0 Å². The van der Waals surface area contributed by atoms with E-state index in [1.165, 1.54) is 0 Å². The summed E-state index contributed by atoms with van der Waals surface area (Å²) < 4.78 is 10.5. The number of ether oxygens (including phenoxy) is 2. The van der Waals surface area contributed by atoms with Gasteiger partial charge in [-0.1, -0.05) is 6.07 Å². The lowest BCUT2D eigenvalue weighted by Gasteiger charge is -2.13. The topological polar surface area (TPSA) is 88.6 Å². The first-order valence-electron chi connectivity index (χ1n) is 7.86. The number of carbonyl (C=O) groups excluding carboxylic acids is 1. The SMILES string of the molecule is COc1cccc(OCC(=O)NCCNc2cc(N(C)C)cnn2)c1. The van der Waals surface area contributed by atoms with Crippen LogP contribution < -0.4 is 25.0 Å². The number of nitrogens with zero attached hydrogens (tertiary/aromatic N) is 3. The van der Waals surface area contributed by atoms with Gasteiger partial charge in [0, 0.05) is 39.3 Å². The number of hydrogen-bond donors (Lipinski definition) is 2. The normalized spacial score (nSPS) is 10.0. The van der Waals surface area contributed by atoms with Gasteiger partial charge < -0.3 is 25.0 Å². The summed E-state index contributed by atoms with van der Waals surface area (Å²) in [5, 5.41) is 13.8. The van der Waals surface area contributed by atoms with E-state index >= 15 is 0 Å². The van der Waals surface area contributed by atoms with Crippen LogP contribution in [0, 0.1) is 0 Å². The minimum absolute atomic E-state index is 0.0525. The number of aromatic nitrogens is 2. The highest BCUT2D eigenvalue weighted by Gasteiger charge is 2.04. The second-order valence-corrected chi connectivity index (χ2v) is 5.44. The fourth-order valence-electron chi connectivity index (χ4n) is 1.97. The van der Waals surface area contributed by atoms with Crippen molar-refractivity contribution in [3.8, 4) is 11.5 Å². The summed E-state index contributed by atoms with van der Waals surface area (Å²) in [5.41, 5.74) is 0.952. The highest BCUT2D eigenvalue weighted by Crippen LogP contribution is 2.18. The van der Waals surface area contributed by atoms with E-state index in [2.05, 4.69) is 20.8 Å². The minimum Gasteiger partial charge on any atom is -0.497 e. The monoisotopic (exact) mass is 345 g/mol. The molecule has 0 fully saturated rings. The molecular weight excluding hydrogens is 322 g/mol. The number of carbonyl (C=O) groups is 1. The van der Waals surface area contributed by atoms with E-state index in [1.54, 1.807) is 31.5 Å². The summed E-state index contributed by atoms with van der Waals surface area (Å²) in [5.74, 6) is 1.73. The van der Waals surface area contributed by atoms with Crippen molar-refractivity contribution in [2.24, 2.45) is 0 Å².